The molecule has 2 rings (SSSR count). The first-order valence-corrected chi connectivity index (χ1v) is 8.46. The number of amides is 2. The SMILES string of the molecule is O=C(NCCN(CCO)C(=O)c1ccc(Cl)cc1)c1ccc(Cl)cc1. The van der Waals surface area contributed by atoms with Crippen molar-refractivity contribution >= 4 is 35.0 Å². The molecule has 0 saturated carbocycles. The molecule has 25 heavy (non-hydrogen) atoms. The van der Waals surface area contributed by atoms with Gasteiger partial charge in [0.2, 0.25) is 0 Å². The number of nitrogens with one attached hydrogen (secondary N) is 1. The van der Waals surface area contributed by atoms with Crippen LogP contribution in [0, 0.1) is 0 Å². The number of benzene rings is 2. The van der Waals surface area contributed by atoms with E-state index in [1.165, 1.54) is 4.90 Å². The van der Waals surface area contributed by atoms with E-state index in [2.05, 4.69) is 5.32 Å². The zero-order valence-electron chi connectivity index (χ0n) is 13.4. The first kappa shape index (κ1) is 19.2. The Labute approximate surface area is 156 Å². The third-order valence-electron chi connectivity index (χ3n) is 3.52. The van der Waals surface area contributed by atoms with E-state index >= 15 is 0 Å². The van der Waals surface area contributed by atoms with Gasteiger partial charge in [0.25, 0.3) is 11.8 Å². The first-order valence-electron chi connectivity index (χ1n) is 7.70. The molecule has 0 heterocycles. The molecule has 7 heteroatoms. The fourth-order valence-corrected chi connectivity index (χ4v) is 2.47. The highest BCUT2D eigenvalue weighted by Crippen LogP contribution is 2.12. The van der Waals surface area contributed by atoms with E-state index in [1.807, 2.05) is 0 Å². The zero-order chi connectivity index (χ0) is 18.2. The molecule has 5 nitrogen and oxygen atoms in total. The Morgan fingerprint density at radius 3 is 1.92 bits per heavy atom. The highest BCUT2D eigenvalue weighted by molar-refractivity contribution is 6.31. The van der Waals surface area contributed by atoms with Crippen molar-refractivity contribution in [1.29, 1.82) is 0 Å². The van der Waals surface area contributed by atoms with Crippen LogP contribution in [-0.2, 0) is 0 Å². The highest BCUT2D eigenvalue weighted by atomic mass is 35.5. The Kier molecular flexibility index (Phi) is 7.25. The number of aliphatic hydroxyl groups is 1. The minimum Gasteiger partial charge on any atom is -0.395 e. The van der Waals surface area contributed by atoms with Crippen molar-refractivity contribution in [2.75, 3.05) is 26.2 Å². The van der Waals surface area contributed by atoms with Gasteiger partial charge in [-0.05, 0) is 48.5 Å². The molecule has 132 valence electrons. The van der Waals surface area contributed by atoms with E-state index in [0.717, 1.165) is 0 Å². The fourth-order valence-electron chi connectivity index (χ4n) is 2.22. The number of nitrogens with zero attached hydrogens (tertiary/aromatic N) is 1. The second kappa shape index (κ2) is 9.42. The number of carbonyl (C=O) groups excluding carboxylic acids is 2. The Bertz CT molecular complexity index is 718. The van der Waals surface area contributed by atoms with Crippen LogP contribution < -0.4 is 5.32 Å². The quantitative estimate of drug-likeness (QED) is 0.775. The molecule has 0 bridgehead atoms. The van der Waals surface area contributed by atoms with E-state index in [4.69, 9.17) is 23.2 Å². The maximum Gasteiger partial charge on any atom is 0.253 e. The summed E-state index contributed by atoms with van der Waals surface area (Å²) in [5.74, 6) is -0.481. The number of hydrogen-bond acceptors (Lipinski definition) is 3. The van der Waals surface area contributed by atoms with Crippen molar-refractivity contribution < 1.29 is 14.7 Å². The van der Waals surface area contributed by atoms with Crippen LogP contribution in [0.2, 0.25) is 10.0 Å². The van der Waals surface area contributed by atoms with Gasteiger partial charge in [-0.2, -0.15) is 0 Å². The van der Waals surface area contributed by atoms with E-state index in [9.17, 15) is 14.7 Å². The van der Waals surface area contributed by atoms with Gasteiger partial charge in [0.15, 0.2) is 0 Å². The third kappa shape index (κ3) is 5.74. The predicted molar refractivity (Wildman–Crippen MR) is 98.2 cm³/mol. The molecule has 2 aromatic rings. The van der Waals surface area contributed by atoms with Crippen molar-refractivity contribution in [2.45, 2.75) is 0 Å². The molecule has 0 aliphatic heterocycles. The second-order valence-electron chi connectivity index (χ2n) is 5.29. The van der Waals surface area contributed by atoms with E-state index < -0.39 is 0 Å². The van der Waals surface area contributed by atoms with Crippen LogP contribution in [0.15, 0.2) is 48.5 Å². The molecule has 0 aromatic heterocycles. The smallest absolute Gasteiger partial charge is 0.253 e. The lowest BCUT2D eigenvalue weighted by Gasteiger charge is -2.22. The summed E-state index contributed by atoms with van der Waals surface area (Å²) in [4.78, 5) is 26.0. The van der Waals surface area contributed by atoms with Gasteiger partial charge in [0.05, 0.1) is 6.61 Å². The molecule has 2 aromatic carbocycles. The molecule has 0 saturated heterocycles. The second-order valence-corrected chi connectivity index (χ2v) is 6.16. The van der Waals surface area contributed by atoms with Gasteiger partial charge in [-0.15, -0.1) is 0 Å². The third-order valence-corrected chi connectivity index (χ3v) is 4.03. The lowest BCUT2D eigenvalue weighted by molar-refractivity contribution is 0.0716. The number of rotatable bonds is 7. The number of halogens is 2. The van der Waals surface area contributed by atoms with Crippen LogP contribution in [0.3, 0.4) is 0 Å². The largest absolute Gasteiger partial charge is 0.395 e. The molecule has 0 unspecified atom stereocenters. The predicted octanol–water partition coefficient (Wildman–Crippen LogP) is 2.86. The molecule has 0 fully saturated rings. The minimum atomic E-state index is -0.250. The van der Waals surface area contributed by atoms with Crippen LogP contribution >= 0.6 is 23.2 Å². The Morgan fingerprint density at radius 2 is 1.40 bits per heavy atom. The maximum atomic E-state index is 12.5. The van der Waals surface area contributed by atoms with Crippen LogP contribution in [0.5, 0.6) is 0 Å². The minimum absolute atomic E-state index is 0.162. The summed E-state index contributed by atoms with van der Waals surface area (Å²) in [5, 5.41) is 13.0. The van der Waals surface area contributed by atoms with Gasteiger partial charge in [-0.3, -0.25) is 9.59 Å². The first-order chi connectivity index (χ1) is 12.0. The van der Waals surface area contributed by atoms with Gasteiger partial charge in [-0.1, -0.05) is 23.2 Å². The Morgan fingerprint density at radius 1 is 0.880 bits per heavy atom. The van der Waals surface area contributed by atoms with Gasteiger partial charge in [-0.25, -0.2) is 0 Å². The molecule has 0 aliphatic carbocycles. The van der Waals surface area contributed by atoms with Crippen LogP contribution in [0.25, 0.3) is 0 Å². The maximum absolute atomic E-state index is 12.5. The molecule has 0 spiro atoms. The summed E-state index contributed by atoms with van der Waals surface area (Å²) in [7, 11) is 0. The van der Waals surface area contributed by atoms with Crippen molar-refractivity contribution in [3.63, 3.8) is 0 Å². The number of carbonyl (C=O) groups is 2. The normalized spacial score (nSPS) is 10.4. The molecule has 0 radical (unpaired) electrons. The van der Waals surface area contributed by atoms with Crippen LogP contribution in [0.4, 0.5) is 0 Å². The van der Waals surface area contributed by atoms with Gasteiger partial charge in [0, 0.05) is 40.8 Å². The number of aliphatic hydroxyl groups excluding tert-OH is 1. The van der Waals surface area contributed by atoms with Crippen LogP contribution in [0.1, 0.15) is 20.7 Å². The average Bonchev–Trinajstić information content (AvgIpc) is 2.61. The van der Waals surface area contributed by atoms with E-state index in [0.29, 0.717) is 21.2 Å². The van der Waals surface area contributed by atoms with Crippen molar-refractivity contribution in [3.05, 3.63) is 69.7 Å². The van der Waals surface area contributed by atoms with Crippen LogP contribution in [-0.4, -0.2) is 48.1 Å². The molecular formula is C18H18Cl2N2O3. The topological polar surface area (TPSA) is 69.6 Å². The monoisotopic (exact) mass is 380 g/mol. The lowest BCUT2D eigenvalue weighted by Crippen LogP contribution is -2.40. The lowest BCUT2D eigenvalue weighted by atomic mass is 10.2. The summed E-state index contributed by atoms with van der Waals surface area (Å²) in [6.07, 6.45) is 0. The van der Waals surface area contributed by atoms with Crippen molar-refractivity contribution in [2.24, 2.45) is 0 Å². The molecular weight excluding hydrogens is 363 g/mol. The van der Waals surface area contributed by atoms with Gasteiger partial charge >= 0.3 is 0 Å². The fraction of sp³-hybridized carbons (Fsp3) is 0.222. The average molecular weight is 381 g/mol. The Balaban J connectivity index is 1.92. The summed E-state index contributed by atoms with van der Waals surface area (Å²) in [6.45, 7) is 0.560. The summed E-state index contributed by atoms with van der Waals surface area (Å²) in [5.41, 5.74) is 0.962. The van der Waals surface area contributed by atoms with Gasteiger partial charge < -0.3 is 15.3 Å². The summed E-state index contributed by atoms with van der Waals surface area (Å²) in [6, 6.07) is 13.0. The summed E-state index contributed by atoms with van der Waals surface area (Å²) < 4.78 is 0. The zero-order valence-corrected chi connectivity index (χ0v) is 14.9. The van der Waals surface area contributed by atoms with E-state index in [1.54, 1.807) is 48.5 Å². The van der Waals surface area contributed by atoms with Crippen molar-refractivity contribution in [1.82, 2.24) is 10.2 Å². The van der Waals surface area contributed by atoms with Crippen molar-refractivity contribution in [3.8, 4) is 0 Å². The highest BCUT2D eigenvalue weighted by Gasteiger charge is 2.15. The molecule has 0 aliphatic rings. The summed E-state index contributed by atoms with van der Waals surface area (Å²) >= 11 is 11.6. The molecule has 0 atom stereocenters. The van der Waals surface area contributed by atoms with E-state index in [-0.39, 0.29) is 38.1 Å². The molecule has 2 amide bonds. The Hall–Kier alpha value is -2.08. The number of hydrogen-bond donors (Lipinski definition) is 2. The standard InChI is InChI=1S/C18H18Cl2N2O3/c19-15-5-1-13(2-6-15)17(24)21-9-10-22(11-12-23)18(25)14-3-7-16(20)8-4-14/h1-8,23H,9-12H2,(H,21,24). The molecule has 2 N–H and O–H groups in total. The van der Waals surface area contributed by atoms with Gasteiger partial charge in [0.1, 0.15) is 0 Å².